The summed E-state index contributed by atoms with van der Waals surface area (Å²) in [6, 6.07) is 20.8. The highest BCUT2D eigenvalue weighted by molar-refractivity contribution is 5.95. The zero-order chi connectivity index (χ0) is 21.4. The molecule has 0 unspecified atom stereocenters. The van der Waals surface area contributed by atoms with Crippen molar-refractivity contribution in [3.8, 4) is 11.3 Å². The number of nitrogens with zero attached hydrogens (tertiary/aromatic N) is 4. The number of rotatable bonds is 4. The van der Waals surface area contributed by atoms with Gasteiger partial charge in [0.2, 0.25) is 5.91 Å². The Kier molecular flexibility index (Phi) is 4.55. The molecule has 0 fully saturated rings. The van der Waals surface area contributed by atoms with Crippen LogP contribution in [0.15, 0.2) is 83.9 Å². The molecule has 2 aromatic carbocycles. The maximum absolute atomic E-state index is 13.1. The highest BCUT2D eigenvalue weighted by atomic mass is 16.2. The van der Waals surface area contributed by atoms with E-state index in [0.29, 0.717) is 22.5 Å². The van der Waals surface area contributed by atoms with Gasteiger partial charge in [-0.25, -0.2) is 9.97 Å². The third kappa shape index (κ3) is 3.36. The standard InChI is InChI=1S/C24H19N5O2/c1-16-8-7-13-28-23(16)27-22(17-9-3-2-4-10-17)24(28)26-20(30)15-29-19-12-6-5-11-18(19)25-14-21(29)31/h2-14H,15H2,1H3,(H,26,30). The van der Waals surface area contributed by atoms with Gasteiger partial charge in [0.25, 0.3) is 5.56 Å². The third-order valence-electron chi connectivity index (χ3n) is 5.20. The van der Waals surface area contributed by atoms with Crippen molar-refractivity contribution < 1.29 is 4.79 Å². The van der Waals surface area contributed by atoms with Crippen LogP contribution in [0.1, 0.15) is 5.56 Å². The Morgan fingerprint density at radius 1 is 1.00 bits per heavy atom. The van der Waals surface area contributed by atoms with Crippen molar-refractivity contribution in [3.05, 3.63) is 95.0 Å². The lowest BCUT2D eigenvalue weighted by molar-refractivity contribution is -0.116. The summed E-state index contributed by atoms with van der Waals surface area (Å²) < 4.78 is 3.29. The Hall–Kier alpha value is -4.26. The molecule has 5 rings (SSSR count). The smallest absolute Gasteiger partial charge is 0.269 e. The molecule has 1 amide bonds. The van der Waals surface area contributed by atoms with E-state index in [1.165, 1.54) is 10.8 Å². The molecule has 152 valence electrons. The number of fused-ring (bicyclic) bond motifs is 2. The Morgan fingerprint density at radius 2 is 1.77 bits per heavy atom. The molecule has 7 heteroatoms. The zero-order valence-corrected chi connectivity index (χ0v) is 16.8. The average molecular weight is 409 g/mol. The minimum Gasteiger partial charge on any atom is -0.308 e. The molecule has 31 heavy (non-hydrogen) atoms. The minimum absolute atomic E-state index is 0.130. The molecular weight excluding hydrogens is 390 g/mol. The number of hydrogen-bond acceptors (Lipinski definition) is 4. The van der Waals surface area contributed by atoms with E-state index in [9.17, 15) is 9.59 Å². The van der Waals surface area contributed by atoms with Crippen LogP contribution in [0, 0.1) is 6.92 Å². The summed E-state index contributed by atoms with van der Waals surface area (Å²) in [4.78, 5) is 34.4. The molecule has 0 radical (unpaired) electrons. The number of carbonyl (C=O) groups excluding carboxylic acids is 1. The van der Waals surface area contributed by atoms with Crippen LogP contribution in [0.5, 0.6) is 0 Å². The van der Waals surface area contributed by atoms with Crippen LogP contribution in [0.3, 0.4) is 0 Å². The van der Waals surface area contributed by atoms with Gasteiger partial charge >= 0.3 is 0 Å². The van der Waals surface area contributed by atoms with Crippen LogP contribution < -0.4 is 10.9 Å². The third-order valence-corrected chi connectivity index (χ3v) is 5.20. The van der Waals surface area contributed by atoms with E-state index in [2.05, 4.69) is 10.3 Å². The lowest BCUT2D eigenvalue weighted by atomic mass is 10.1. The number of nitrogens with one attached hydrogen (secondary N) is 1. The number of para-hydroxylation sites is 2. The molecule has 3 aromatic heterocycles. The lowest BCUT2D eigenvalue weighted by Crippen LogP contribution is -2.28. The van der Waals surface area contributed by atoms with E-state index in [0.717, 1.165) is 16.8 Å². The topological polar surface area (TPSA) is 81.3 Å². The van der Waals surface area contributed by atoms with Crippen molar-refractivity contribution in [3.63, 3.8) is 0 Å². The number of carbonyl (C=O) groups is 1. The van der Waals surface area contributed by atoms with Gasteiger partial charge in [-0.3, -0.25) is 18.6 Å². The predicted octanol–water partition coefficient (Wildman–Crippen LogP) is 3.66. The van der Waals surface area contributed by atoms with Crippen molar-refractivity contribution in [1.82, 2.24) is 18.9 Å². The summed E-state index contributed by atoms with van der Waals surface area (Å²) in [5, 5.41) is 2.98. The molecule has 0 spiro atoms. The molecule has 0 saturated heterocycles. The van der Waals surface area contributed by atoms with Crippen molar-refractivity contribution in [1.29, 1.82) is 0 Å². The fourth-order valence-corrected chi connectivity index (χ4v) is 3.71. The van der Waals surface area contributed by atoms with Crippen LogP contribution in [-0.2, 0) is 11.3 Å². The molecule has 0 aliphatic carbocycles. The monoisotopic (exact) mass is 409 g/mol. The van der Waals surface area contributed by atoms with Gasteiger partial charge in [0.05, 0.1) is 17.2 Å². The maximum atomic E-state index is 13.1. The van der Waals surface area contributed by atoms with E-state index in [4.69, 9.17) is 4.98 Å². The fraction of sp³-hybridized carbons (Fsp3) is 0.0833. The van der Waals surface area contributed by atoms with Crippen molar-refractivity contribution in [2.45, 2.75) is 13.5 Å². The summed E-state index contributed by atoms with van der Waals surface area (Å²) in [6.07, 6.45) is 3.11. The van der Waals surface area contributed by atoms with Gasteiger partial charge < -0.3 is 5.32 Å². The molecule has 0 atom stereocenters. The SMILES string of the molecule is Cc1cccn2c(NC(=O)Cn3c(=O)cnc4ccccc43)c(-c3ccccc3)nc12. The van der Waals surface area contributed by atoms with Gasteiger partial charge in [0.15, 0.2) is 0 Å². The van der Waals surface area contributed by atoms with E-state index in [-0.39, 0.29) is 18.0 Å². The molecule has 0 aliphatic heterocycles. The first-order valence-electron chi connectivity index (χ1n) is 9.89. The van der Waals surface area contributed by atoms with Crippen LogP contribution in [-0.4, -0.2) is 24.8 Å². The quantitative estimate of drug-likeness (QED) is 0.491. The van der Waals surface area contributed by atoms with Crippen LogP contribution >= 0.6 is 0 Å². The molecule has 5 aromatic rings. The van der Waals surface area contributed by atoms with E-state index >= 15 is 0 Å². The van der Waals surface area contributed by atoms with Crippen LogP contribution in [0.4, 0.5) is 5.82 Å². The lowest BCUT2D eigenvalue weighted by Gasteiger charge is -2.11. The fourth-order valence-electron chi connectivity index (χ4n) is 3.71. The molecule has 0 aliphatic rings. The first kappa shape index (κ1) is 18.7. The number of pyridine rings is 1. The van der Waals surface area contributed by atoms with Gasteiger partial charge in [0.1, 0.15) is 23.7 Å². The molecule has 0 bridgehead atoms. The molecule has 7 nitrogen and oxygen atoms in total. The summed E-state index contributed by atoms with van der Waals surface area (Å²) in [6.45, 7) is 1.85. The number of benzene rings is 2. The number of amides is 1. The average Bonchev–Trinajstić information content (AvgIpc) is 3.16. The largest absolute Gasteiger partial charge is 0.308 e. The number of aryl methyl sites for hydroxylation is 1. The van der Waals surface area contributed by atoms with Gasteiger partial charge in [-0.2, -0.15) is 0 Å². The van der Waals surface area contributed by atoms with Gasteiger partial charge in [-0.05, 0) is 30.7 Å². The first-order chi connectivity index (χ1) is 15.1. The molecule has 1 N–H and O–H groups in total. The summed E-state index contributed by atoms with van der Waals surface area (Å²) in [5.74, 6) is 0.250. The first-order valence-corrected chi connectivity index (χ1v) is 9.89. The van der Waals surface area contributed by atoms with Crippen LogP contribution in [0.2, 0.25) is 0 Å². The normalized spacial score (nSPS) is 11.1. The Balaban J connectivity index is 1.57. The minimum atomic E-state index is -0.328. The Morgan fingerprint density at radius 3 is 2.61 bits per heavy atom. The zero-order valence-electron chi connectivity index (χ0n) is 16.8. The second-order valence-corrected chi connectivity index (χ2v) is 7.28. The molecule has 3 heterocycles. The predicted molar refractivity (Wildman–Crippen MR) is 120 cm³/mol. The van der Waals surface area contributed by atoms with Crippen molar-refractivity contribution >= 4 is 28.4 Å². The van der Waals surface area contributed by atoms with E-state index in [1.54, 1.807) is 6.07 Å². The second kappa shape index (κ2) is 7.53. The van der Waals surface area contributed by atoms with Crippen LogP contribution in [0.25, 0.3) is 27.9 Å². The highest BCUT2D eigenvalue weighted by Crippen LogP contribution is 2.29. The van der Waals surface area contributed by atoms with Gasteiger partial charge in [-0.15, -0.1) is 0 Å². The summed E-state index contributed by atoms with van der Waals surface area (Å²) in [7, 11) is 0. The Bertz CT molecular complexity index is 1480. The van der Waals surface area contributed by atoms with E-state index in [1.807, 2.05) is 78.2 Å². The van der Waals surface area contributed by atoms with Crippen molar-refractivity contribution in [2.24, 2.45) is 0 Å². The van der Waals surface area contributed by atoms with E-state index < -0.39 is 0 Å². The Labute approximate surface area is 177 Å². The number of imidazole rings is 1. The summed E-state index contributed by atoms with van der Waals surface area (Å²) in [5.41, 5.74) is 4.28. The van der Waals surface area contributed by atoms with Crippen molar-refractivity contribution in [2.75, 3.05) is 5.32 Å². The molecule has 0 saturated carbocycles. The number of hydrogen-bond donors (Lipinski definition) is 1. The maximum Gasteiger partial charge on any atom is 0.269 e. The second-order valence-electron chi connectivity index (χ2n) is 7.28. The summed E-state index contributed by atoms with van der Waals surface area (Å²) >= 11 is 0. The molecular formula is C24H19N5O2. The van der Waals surface area contributed by atoms with Gasteiger partial charge in [-0.1, -0.05) is 48.5 Å². The number of aromatic nitrogens is 4. The number of anilines is 1. The van der Waals surface area contributed by atoms with Gasteiger partial charge in [0, 0.05) is 11.8 Å². The highest BCUT2D eigenvalue weighted by Gasteiger charge is 2.18.